The highest BCUT2D eigenvalue weighted by Gasteiger charge is 2.30. The molecule has 2 rings (SSSR count). The van der Waals surface area contributed by atoms with Crippen molar-refractivity contribution < 1.29 is 4.79 Å². The zero-order valence-corrected chi connectivity index (χ0v) is 11.7. The Balaban J connectivity index is 2.36. The van der Waals surface area contributed by atoms with Gasteiger partial charge in [0.2, 0.25) is 5.91 Å². The molecule has 3 nitrogen and oxygen atoms in total. The number of anilines is 1. The van der Waals surface area contributed by atoms with Crippen molar-refractivity contribution in [2.75, 3.05) is 18.0 Å². The van der Waals surface area contributed by atoms with Crippen LogP contribution in [0.5, 0.6) is 0 Å². The van der Waals surface area contributed by atoms with Crippen LogP contribution in [0.4, 0.5) is 5.69 Å². The third-order valence-corrected chi connectivity index (χ3v) is 3.54. The monoisotopic (exact) mass is 246 g/mol. The second kappa shape index (κ2) is 4.73. The van der Waals surface area contributed by atoms with Gasteiger partial charge >= 0.3 is 0 Å². The molecule has 18 heavy (non-hydrogen) atoms. The lowest BCUT2D eigenvalue weighted by Crippen LogP contribution is -2.39. The smallest absolute Gasteiger partial charge is 0.228 e. The van der Waals surface area contributed by atoms with Gasteiger partial charge in [-0.2, -0.15) is 0 Å². The maximum absolute atomic E-state index is 12.4. The minimum Gasteiger partial charge on any atom is -0.311 e. The molecule has 0 radical (unpaired) electrons. The summed E-state index contributed by atoms with van der Waals surface area (Å²) in [6.45, 7) is 9.89. The number of carbonyl (C=O) groups is 1. The molecule has 0 spiro atoms. The highest BCUT2D eigenvalue weighted by atomic mass is 16.2. The van der Waals surface area contributed by atoms with Gasteiger partial charge in [0.15, 0.2) is 0 Å². The first-order valence-corrected chi connectivity index (χ1v) is 6.52. The van der Waals surface area contributed by atoms with E-state index >= 15 is 0 Å². The SMILES string of the molecule is Cc1cccc(C)c1N1CCNC(C)(C)CC1=O. The van der Waals surface area contributed by atoms with E-state index in [2.05, 4.69) is 45.1 Å². The van der Waals surface area contributed by atoms with Gasteiger partial charge in [0.1, 0.15) is 0 Å². The number of benzene rings is 1. The summed E-state index contributed by atoms with van der Waals surface area (Å²) in [7, 11) is 0. The number of nitrogens with one attached hydrogen (secondary N) is 1. The molecule has 1 fully saturated rings. The van der Waals surface area contributed by atoms with Gasteiger partial charge in [0.05, 0.1) is 0 Å². The molecule has 1 aromatic rings. The van der Waals surface area contributed by atoms with E-state index in [4.69, 9.17) is 0 Å². The highest BCUT2D eigenvalue weighted by Crippen LogP contribution is 2.27. The lowest BCUT2D eigenvalue weighted by Gasteiger charge is -2.25. The molecule has 1 heterocycles. The van der Waals surface area contributed by atoms with Crippen LogP contribution in [0.15, 0.2) is 18.2 Å². The zero-order chi connectivity index (χ0) is 13.3. The third kappa shape index (κ3) is 2.56. The number of nitrogens with zero attached hydrogens (tertiary/aromatic N) is 1. The molecule has 1 saturated heterocycles. The number of amides is 1. The molecule has 3 heteroatoms. The van der Waals surface area contributed by atoms with Crippen molar-refractivity contribution in [3.63, 3.8) is 0 Å². The zero-order valence-electron chi connectivity index (χ0n) is 11.7. The van der Waals surface area contributed by atoms with Crippen LogP contribution in [0.1, 0.15) is 31.4 Å². The van der Waals surface area contributed by atoms with Gasteiger partial charge in [-0.05, 0) is 38.8 Å². The van der Waals surface area contributed by atoms with E-state index in [0.717, 1.165) is 18.8 Å². The average Bonchev–Trinajstić information content (AvgIpc) is 2.37. The Hall–Kier alpha value is -1.35. The first-order valence-electron chi connectivity index (χ1n) is 6.52. The standard InChI is InChI=1S/C15H22N2O/c1-11-6-5-7-12(2)14(11)17-9-8-16-15(3,4)10-13(17)18/h5-7,16H,8-10H2,1-4H3. The van der Waals surface area contributed by atoms with E-state index < -0.39 is 0 Å². The molecule has 98 valence electrons. The number of carbonyl (C=O) groups excluding carboxylic acids is 1. The van der Waals surface area contributed by atoms with Gasteiger partial charge in [-0.1, -0.05) is 18.2 Å². The fourth-order valence-electron chi connectivity index (χ4n) is 2.63. The van der Waals surface area contributed by atoms with Crippen molar-refractivity contribution in [1.29, 1.82) is 0 Å². The number of aryl methyl sites for hydroxylation is 2. The largest absolute Gasteiger partial charge is 0.311 e. The number of hydrogen-bond acceptors (Lipinski definition) is 2. The van der Waals surface area contributed by atoms with Crippen LogP contribution < -0.4 is 10.2 Å². The van der Waals surface area contributed by atoms with Crippen molar-refractivity contribution in [3.05, 3.63) is 29.3 Å². The molecule has 0 bridgehead atoms. The Morgan fingerprint density at radius 2 is 1.83 bits per heavy atom. The van der Waals surface area contributed by atoms with Gasteiger partial charge in [-0.25, -0.2) is 0 Å². The van der Waals surface area contributed by atoms with E-state index in [1.54, 1.807) is 0 Å². The predicted octanol–water partition coefficient (Wildman–Crippen LogP) is 2.41. The summed E-state index contributed by atoms with van der Waals surface area (Å²) in [5, 5.41) is 3.43. The quantitative estimate of drug-likeness (QED) is 0.825. The van der Waals surface area contributed by atoms with E-state index in [0.29, 0.717) is 6.42 Å². The van der Waals surface area contributed by atoms with Crippen molar-refractivity contribution in [2.45, 2.75) is 39.7 Å². The van der Waals surface area contributed by atoms with E-state index in [1.807, 2.05) is 11.0 Å². The molecule has 1 aromatic carbocycles. The maximum atomic E-state index is 12.4. The van der Waals surface area contributed by atoms with Crippen LogP contribution in [-0.4, -0.2) is 24.5 Å². The molecule has 1 aliphatic rings. The van der Waals surface area contributed by atoms with E-state index in [1.165, 1.54) is 11.1 Å². The second-order valence-electron chi connectivity index (χ2n) is 5.77. The molecule has 0 aromatic heterocycles. The summed E-state index contributed by atoms with van der Waals surface area (Å²) < 4.78 is 0. The minimum atomic E-state index is -0.109. The number of rotatable bonds is 1. The van der Waals surface area contributed by atoms with Crippen molar-refractivity contribution in [3.8, 4) is 0 Å². The maximum Gasteiger partial charge on any atom is 0.228 e. The van der Waals surface area contributed by atoms with Crippen LogP contribution in [0.25, 0.3) is 0 Å². The van der Waals surface area contributed by atoms with Gasteiger partial charge in [-0.3, -0.25) is 4.79 Å². The summed E-state index contributed by atoms with van der Waals surface area (Å²) in [5.74, 6) is 0.211. The second-order valence-corrected chi connectivity index (χ2v) is 5.77. The van der Waals surface area contributed by atoms with Crippen molar-refractivity contribution in [2.24, 2.45) is 0 Å². The third-order valence-electron chi connectivity index (χ3n) is 3.54. The number of para-hydroxylation sites is 1. The van der Waals surface area contributed by atoms with Gasteiger partial charge in [0.25, 0.3) is 0 Å². The molecule has 1 aliphatic heterocycles. The Morgan fingerprint density at radius 3 is 2.44 bits per heavy atom. The first-order chi connectivity index (χ1) is 8.41. The lowest BCUT2D eigenvalue weighted by atomic mass is 10.00. The summed E-state index contributed by atoms with van der Waals surface area (Å²) in [6.07, 6.45) is 0.542. The predicted molar refractivity (Wildman–Crippen MR) is 75.0 cm³/mol. The lowest BCUT2D eigenvalue weighted by molar-refractivity contribution is -0.119. The summed E-state index contributed by atoms with van der Waals surface area (Å²) in [4.78, 5) is 14.4. The summed E-state index contributed by atoms with van der Waals surface area (Å²) in [5.41, 5.74) is 3.32. The molecule has 0 atom stereocenters. The Labute approximate surface area is 109 Å². The molecule has 1 amide bonds. The van der Waals surface area contributed by atoms with Crippen LogP contribution in [0.2, 0.25) is 0 Å². The summed E-state index contributed by atoms with van der Waals surface area (Å²) >= 11 is 0. The summed E-state index contributed by atoms with van der Waals surface area (Å²) in [6, 6.07) is 6.18. The molecular weight excluding hydrogens is 224 g/mol. The molecule has 0 saturated carbocycles. The van der Waals surface area contributed by atoms with Crippen LogP contribution in [0, 0.1) is 13.8 Å². The Morgan fingerprint density at radius 1 is 1.22 bits per heavy atom. The minimum absolute atomic E-state index is 0.109. The normalized spacial score (nSPS) is 19.8. The average molecular weight is 246 g/mol. The van der Waals surface area contributed by atoms with E-state index in [9.17, 15) is 4.79 Å². The Kier molecular flexibility index (Phi) is 3.44. The molecule has 1 N–H and O–H groups in total. The van der Waals surface area contributed by atoms with Crippen LogP contribution in [0.3, 0.4) is 0 Å². The van der Waals surface area contributed by atoms with Crippen LogP contribution in [-0.2, 0) is 4.79 Å². The Bertz CT molecular complexity index is 445. The molecule has 0 unspecified atom stereocenters. The van der Waals surface area contributed by atoms with Crippen molar-refractivity contribution in [1.82, 2.24) is 5.32 Å². The van der Waals surface area contributed by atoms with Crippen molar-refractivity contribution >= 4 is 11.6 Å². The fraction of sp³-hybridized carbons (Fsp3) is 0.533. The molecule has 0 aliphatic carbocycles. The number of hydrogen-bond donors (Lipinski definition) is 1. The first kappa shape index (κ1) is 13.1. The topological polar surface area (TPSA) is 32.3 Å². The van der Waals surface area contributed by atoms with Gasteiger partial charge < -0.3 is 10.2 Å². The molecular formula is C15H22N2O. The van der Waals surface area contributed by atoms with E-state index in [-0.39, 0.29) is 11.4 Å². The van der Waals surface area contributed by atoms with Gasteiger partial charge in [-0.15, -0.1) is 0 Å². The van der Waals surface area contributed by atoms with Crippen LogP contribution >= 0.6 is 0 Å². The fourth-order valence-corrected chi connectivity index (χ4v) is 2.63. The highest BCUT2D eigenvalue weighted by molar-refractivity contribution is 5.95. The van der Waals surface area contributed by atoms with Gasteiger partial charge in [0, 0.05) is 30.7 Å².